The maximum atomic E-state index is 9.93. The SMILES string of the molecule is C=CCOC(C)=O.COC(C)=O.c1ccccc1. The molecule has 0 spiro atoms. The van der Waals surface area contributed by atoms with Gasteiger partial charge in [-0.3, -0.25) is 9.59 Å². The minimum absolute atomic E-state index is 0.245. The number of benzene rings is 1. The van der Waals surface area contributed by atoms with Gasteiger partial charge in [0.2, 0.25) is 0 Å². The highest BCUT2D eigenvalue weighted by Crippen LogP contribution is 1.79. The lowest BCUT2D eigenvalue weighted by Gasteiger charge is -1.90. The van der Waals surface area contributed by atoms with E-state index in [-0.39, 0.29) is 11.9 Å². The van der Waals surface area contributed by atoms with Gasteiger partial charge >= 0.3 is 11.9 Å². The third kappa shape index (κ3) is 23.6. The Kier molecular flexibility index (Phi) is 15.1. The first-order valence-corrected chi connectivity index (χ1v) is 5.33. The van der Waals surface area contributed by atoms with E-state index in [1.165, 1.54) is 27.0 Å². The van der Waals surface area contributed by atoms with Gasteiger partial charge in [-0.2, -0.15) is 0 Å². The van der Waals surface area contributed by atoms with Crippen LogP contribution in [0.1, 0.15) is 13.8 Å². The lowest BCUT2D eigenvalue weighted by Crippen LogP contribution is -1.96. The second-order valence-electron chi connectivity index (χ2n) is 2.94. The molecule has 0 atom stereocenters. The molecule has 100 valence electrons. The second kappa shape index (κ2) is 14.9. The fourth-order valence-electron chi connectivity index (χ4n) is 0.561. The summed E-state index contributed by atoms with van der Waals surface area (Å²) in [4.78, 5) is 19.5. The molecule has 1 aromatic rings. The summed E-state index contributed by atoms with van der Waals surface area (Å²) in [6.07, 6.45) is 1.53. The third-order valence-corrected chi connectivity index (χ3v) is 1.36. The molecule has 0 fully saturated rings. The normalized spacial score (nSPS) is 7.50. The molecule has 0 aliphatic heterocycles. The highest BCUT2D eigenvalue weighted by Gasteiger charge is 1.83. The predicted molar refractivity (Wildman–Crippen MR) is 71.0 cm³/mol. The van der Waals surface area contributed by atoms with Gasteiger partial charge in [0, 0.05) is 13.8 Å². The van der Waals surface area contributed by atoms with Crippen LogP contribution in [0.3, 0.4) is 0 Å². The lowest BCUT2D eigenvalue weighted by atomic mass is 10.4. The number of ether oxygens (including phenoxy) is 2. The first kappa shape index (κ1) is 18.3. The number of methoxy groups -OCH3 is 1. The van der Waals surface area contributed by atoms with Crippen molar-refractivity contribution in [1.82, 2.24) is 0 Å². The number of carbonyl (C=O) groups excluding carboxylic acids is 2. The molecule has 0 aliphatic carbocycles. The Balaban J connectivity index is 0. The summed E-state index contributed by atoms with van der Waals surface area (Å²) in [5.74, 6) is -0.509. The quantitative estimate of drug-likeness (QED) is 0.599. The summed E-state index contributed by atoms with van der Waals surface area (Å²) in [5.41, 5.74) is 0. The van der Waals surface area contributed by atoms with Crippen molar-refractivity contribution >= 4 is 11.9 Å². The highest BCUT2D eigenvalue weighted by molar-refractivity contribution is 5.66. The molecular formula is C14H20O4. The minimum Gasteiger partial charge on any atom is -0.469 e. The first-order chi connectivity index (χ1) is 8.54. The molecule has 0 aromatic heterocycles. The Labute approximate surface area is 108 Å². The zero-order valence-electron chi connectivity index (χ0n) is 11.1. The van der Waals surface area contributed by atoms with Crippen LogP contribution in [0.2, 0.25) is 0 Å². The van der Waals surface area contributed by atoms with Gasteiger partial charge in [0.15, 0.2) is 0 Å². The average molecular weight is 252 g/mol. The summed E-state index contributed by atoms with van der Waals surface area (Å²) < 4.78 is 8.55. The van der Waals surface area contributed by atoms with Crippen molar-refractivity contribution in [3.63, 3.8) is 0 Å². The van der Waals surface area contributed by atoms with Crippen molar-refractivity contribution in [3.8, 4) is 0 Å². The molecule has 0 N–H and O–H groups in total. The van der Waals surface area contributed by atoms with Crippen molar-refractivity contribution in [3.05, 3.63) is 49.1 Å². The molecule has 0 radical (unpaired) electrons. The third-order valence-electron chi connectivity index (χ3n) is 1.36. The van der Waals surface area contributed by atoms with E-state index in [2.05, 4.69) is 16.1 Å². The fraction of sp³-hybridized carbons (Fsp3) is 0.286. The molecule has 0 bridgehead atoms. The number of hydrogen-bond acceptors (Lipinski definition) is 4. The van der Waals surface area contributed by atoms with Crippen LogP contribution in [-0.4, -0.2) is 25.7 Å². The van der Waals surface area contributed by atoms with Crippen molar-refractivity contribution in [2.75, 3.05) is 13.7 Å². The van der Waals surface area contributed by atoms with E-state index in [0.717, 1.165) is 0 Å². The zero-order valence-corrected chi connectivity index (χ0v) is 11.1. The molecule has 0 saturated heterocycles. The van der Waals surface area contributed by atoms with E-state index < -0.39 is 0 Å². The largest absolute Gasteiger partial charge is 0.469 e. The summed E-state index contributed by atoms with van der Waals surface area (Å²) in [7, 11) is 1.35. The van der Waals surface area contributed by atoms with Crippen LogP contribution in [0, 0.1) is 0 Å². The molecule has 0 aliphatic rings. The van der Waals surface area contributed by atoms with Crippen LogP contribution < -0.4 is 0 Å². The van der Waals surface area contributed by atoms with Crippen molar-refractivity contribution in [1.29, 1.82) is 0 Å². The molecule has 0 unspecified atom stereocenters. The summed E-state index contributed by atoms with van der Waals surface area (Å²) in [6, 6.07) is 12.0. The highest BCUT2D eigenvalue weighted by atomic mass is 16.5. The standard InChI is InChI=1S/C6H6.C5H8O2.C3H6O2/c1-2-4-6-5-3-1;1-3-4-7-5(2)6;1-3(4)5-2/h1-6H;3H,1,4H2,2H3;1-2H3. The smallest absolute Gasteiger partial charge is 0.302 e. The Morgan fingerprint density at radius 2 is 1.33 bits per heavy atom. The van der Waals surface area contributed by atoms with E-state index in [4.69, 9.17) is 0 Å². The van der Waals surface area contributed by atoms with Crippen LogP contribution in [-0.2, 0) is 19.1 Å². The molecule has 4 nitrogen and oxygen atoms in total. The molecule has 0 heterocycles. The maximum absolute atomic E-state index is 9.93. The Bertz CT molecular complexity index is 293. The van der Waals surface area contributed by atoms with Gasteiger partial charge in [-0.05, 0) is 0 Å². The second-order valence-corrected chi connectivity index (χ2v) is 2.94. The minimum atomic E-state index is -0.264. The summed E-state index contributed by atoms with van der Waals surface area (Å²) in [5, 5.41) is 0. The van der Waals surface area contributed by atoms with Crippen LogP contribution in [0.4, 0.5) is 0 Å². The number of carbonyl (C=O) groups is 2. The van der Waals surface area contributed by atoms with Crippen molar-refractivity contribution < 1.29 is 19.1 Å². The zero-order chi connectivity index (χ0) is 14.2. The molecular weight excluding hydrogens is 232 g/mol. The van der Waals surface area contributed by atoms with Gasteiger partial charge in [0.05, 0.1) is 7.11 Å². The number of hydrogen-bond donors (Lipinski definition) is 0. The van der Waals surface area contributed by atoms with E-state index in [9.17, 15) is 9.59 Å². The number of rotatable bonds is 2. The maximum Gasteiger partial charge on any atom is 0.302 e. The van der Waals surface area contributed by atoms with Crippen molar-refractivity contribution in [2.24, 2.45) is 0 Å². The molecule has 0 amide bonds. The molecule has 1 rings (SSSR count). The lowest BCUT2D eigenvalue weighted by molar-refractivity contribution is -0.140. The van der Waals surface area contributed by atoms with Crippen LogP contribution >= 0.6 is 0 Å². The topological polar surface area (TPSA) is 52.6 Å². The Morgan fingerprint density at radius 3 is 1.44 bits per heavy atom. The molecule has 0 saturated carbocycles. The van der Waals surface area contributed by atoms with E-state index in [1.807, 2.05) is 36.4 Å². The van der Waals surface area contributed by atoms with Gasteiger partial charge in [-0.25, -0.2) is 0 Å². The molecule has 4 heteroatoms. The Morgan fingerprint density at radius 1 is 1.00 bits per heavy atom. The van der Waals surface area contributed by atoms with E-state index in [0.29, 0.717) is 6.61 Å². The average Bonchev–Trinajstić information content (AvgIpc) is 2.39. The molecule has 1 aromatic carbocycles. The van der Waals surface area contributed by atoms with Crippen molar-refractivity contribution in [2.45, 2.75) is 13.8 Å². The fourth-order valence-corrected chi connectivity index (χ4v) is 0.561. The predicted octanol–water partition coefficient (Wildman–Crippen LogP) is 2.60. The Hall–Kier alpha value is -2.10. The van der Waals surface area contributed by atoms with Crippen LogP contribution in [0.5, 0.6) is 0 Å². The van der Waals surface area contributed by atoms with Gasteiger partial charge in [0.1, 0.15) is 6.61 Å². The van der Waals surface area contributed by atoms with Crippen LogP contribution in [0.15, 0.2) is 49.1 Å². The monoisotopic (exact) mass is 252 g/mol. The van der Waals surface area contributed by atoms with E-state index in [1.54, 1.807) is 0 Å². The van der Waals surface area contributed by atoms with E-state index >= 15 is 0 Å². The first-order valence-electron chi connectivity index (χ1n) is 5.33. The summed E-state index contributed by atoms with van der Waals surface area (Å²) >= 11 is 0. The van der Waals surface area contributed by atoms with Gasteiger partial charge < -0.3 is 9.47 Å². The van der Waals surface area contributed by atoms with Gasteiger partial charge in [-0.15, -0.1) is 0 Å². The molecule has 18 heavy (non-hydrogen) atoms. The summed E-state index contributed by atoms with van der Waals surface area (Å²) in [6.45, 7) is 6.40. The van der Waals surface area contributed by atoms with Gasteiger partial charge in [-0.1, -0.05) is 49.1 Å². The number of esters is 2. The van der Waals surface area contributed by atoms with Crippen LogP contribution in [0.25, 0.3) is 0 Å². The van der Waals surface area contributed by atoms with Gasteiger partial charge in [0.25, 0.3) is 0 Å².